The van der Waals surface area contributed by atoms with Crippen LogP contribution in [0.25, 0.3) is 0 Å². The fourth-order valence-electron chi connectivity index (χ4n) is 0.637. The highest BCUT2D eigenvalue weighted by molar-refractivity contribution is 7.13. The maximum absolute atomic E-state index is 5.42. The summed E-state index contributed by atoms with van der Waals surface area (Å²) in [5.74, 6) is 0. The van der Waals surface area contributed by atoms with E-state index in [-0.39, 0.29) is 0 Å². The van der Waals surface area contributed by atoms with E-state index in [9.17, 15) is 0 Å². The van der Waals surface area contributed by atoms with Gasteiger partial charge in [0.2, 0.25) is 0 Å². The van der Waals surface area contributed by atoms with E-state index in [0.29, 0.717) is 5.13 Å². The van der Waals surface area contributed by atoms with Crippen molar-refractivity contribution in [3.63, 3.8) is 0 Å². The molecule has 1 aromatic heterocycles. The van der Waals surface area contributed by atoms with Gasteiger partial charge in [0.1, 0.15) is 18.5 Å². The number of rotatable bonds is 2. The van der Waals surface area contributed by atoms with Crippen LogP contribution in [-0.2, 0) is 4.84 Å². The van der Waals surface area contributed by atoms with Crippen molar-refractivity contribution in [1.82, 2.24) is 4.98 Å². The fraction of sp³-hybridized carbons (Fsp3) is 0.333. The molecule has 11 heavy (non-hydrogen) atoms. The first-order valence-electron chi connectivity index (χ1n) is 3.03. The zero-order valence-electron chi connectivity index (χ0n) is 6.37. The molecule has 0 aliphatic heterocycles. The Hall–Kier alpha value is -1.10. The average Bonchev–Trinajstić information content (AvgIpc) is 2.36. The summed E-state index contributed by atoms with van der Waals surface area (Å²) in [7, 11) is 1.50. The van der Waals surface area contributed by atoms with Gasteiger partial charge in [-0.25, -0.2) is 4.98 Å². The van der Waals surface area contributed by atoms with Gasteiger partial charge in [0.15, 0.2) is 5.13 Å². The van der Waals surface area contributed by atoms with Crippen LogP contribution in [0.4, 0.5) is 5.13 Å². The fourth-order valence-corrected chi connectivity index (χ4v) is 1.24. The van der Waals surface area contributed by atoms with Crippen molar-refractivity contribution in [3.8, 4) is 0 Å². The molecule has 0 aliphatic rings. The van der Waals surface area contributed by atoms with Crippen LogP contribution in [0.5, 0.6) is 0 Å². The first-order chi connectivity index (χ1) is 5.24. The van der Waals surface area contributed by atoms with Gasteiger partial charge in [-0.1, -0.05) is 5.16 Å². The molecule has 0 amide bonds. The predicted octanol–water partition coefficient (Wildman–Crippen LogP) is 1.10. The second kappa shape index (κ2) is 3.34. The Balaban J connectivity index is 2.84. The lowest BCUT2D eigenvalue weighted by molar-refractivity contribution is 0.213. The maximum Gasteiger partial charge on any atom is 0.180 e. The third-order valence-corrected chi connectivity index (χ3v) is 1.79. The van der Waals surface area contributed by atoms with Crippen molar-refractivity contribution in [2.75, 3.05) is 12.8 Å². The van der Waals surface area contributed by atoms with Gasteiger partial charge in [-0.15, -0.1) is 11.3 Å². The zero-order valence-corrected chi connectivity index (χ0v) is 7.18. The first-order valence-corrected chi connectivity index (χ1v) is 3.91. The van der Waals surface area contributed by atoms with E-state index < -0.39 is 0 Å². The second-order valence-corrected chi connectivity index (χ2v) is 2.82. The number of nitrogens with two attached hydrogens (primary N) is 1. The van der Waals surface area contributed by atoms with Crippen LogP contribution in [-0.4, -0.2) is 17.8 Å². The molecule has 1 rings (SSSR count). The largest absolute Gasteiger partial charge is 0.399 e. The molecule has 0 saturated carbocycles. The summed E-state index contributed by atoms with van der Waals surface area (Å²) in [6.45, 7) is 1.82. The molecular formula is C6H9N3OS. The summed E-state index contributed by atoms with van der Waals surface area (Å²) >= 11 is 1.39. The lowest BCUT2D eigenvalue weighted by atomic mass is 10.3. The molecule has 60 valence electrons. The van der Waals surface area contributed by atoms with E-state index in [0.717, 1.165) is 11.4 Å². The van der Waals surface area contributed by atoms with Crippen LogP contribution in [0.3, 0.4) is 0 Å². The first kappa shape index (κ1) is 8.00. The normalized spacial score (nSPS) is 11.6. The highest BCUT2D eigenvalue weighted by Gasteiger charge is 2.01. The Morgan fingerprint density at radius 1 is 1.82 bits per heavy atom. The monoisotopic (exact) mass is 171 g/mol. The molecule has 4 nitrogen and oxygen atoms in total. The summed E-state index contributed by atoms with van der Waals surface area (Å²) in [5.41, 5.74) is 6.93. The Bertz CT molecular complexity index is 269. The summed E-state index contributed by atoms with van der Waals surface area (Å²) in [4.78, 5) is 8.59. The molecule has 2 N–H and O–H groups in total. The van der Waals surface area contributed by atoms with Gasteiger partial charge in [-0.3, -0.25) is 0 Å². The number of oxime groups is 1. The average molecular weight is 171 g/mol. The van der Waals surface area contributed by atoms with Crippen molar-refractivity contribution < 1.29 is 4.84 Å². The number of hydrogen-bond donors (Lipinski definition) is 1. The molecule has 0 radical (unpaired) electrons. The Labute approximate surface area is 68.7 Å². The molecule has 0 aliphatic carbocycles. The number of nitrogens with zero attached hydrogens (tertiary/aromatic N) is 2. The van der Waals surface area contributed by atoms with Gasteiger partial charge in [0.05, 0.1) is 0 Å². The third-order valence-electron chi connectivity index (χ3n) is 1.12. The SMILES string of the molecule is CO/N=C(\C)c1csc(N)n1. The van der Waals surface area contributed by atoms with Crippen molar-refractivity contribution in [2.24, 2.45) is 5.16 Å². The minimum absolute atomic E-state index is 0.547. The Morgan fingerprint density at radius 2 is 2.55 bits per heavy atom. The van der Waals surface area contributed by atoms with E-state index in [1.807, 2.05) is 12.3 Å². The molecule has 0 spiro atoms. The Morgan fingerprint density at radius 3 is 3.00 bits per heavy atom. The maximum atomic E-state index is 5.42. The summed E-state index contributed by atoms with van der Waals surface area (Å²) in [5, 5.41) is 6.10. The number of hydrogen-bond acceptors (Lipinski definition) is 5. The van der Waals surface area contributed by atoms with Gasteiger partial charge in [-0.2, -0.15) is 0 Å². The summed E-state index contributed by atoms with van der Waals surface area (Å²) in [6.07, 6.45) is 0. The van der Waals surface area contributed by atoms with Crippen molar-refractivity contribution in [2.45, 2.75) is 6.92 Å². The predicted molar refractivity (Wildman–Crippen MR) is 45.7 cm³/mol. The topological polar surface area (TPSA) is 60.5 Å². The zero-order chi connectivity index (χ0) is 8.27. The molecule has 0 bridgehead atoms. The lowest BCUT2D eigenvalue weighted by Crippen LogP contribution is -1.96. The van der Waals surface area contributed by atoms with E-state index in [4.69, 9.17) is 5.73 Å². The molecule has 0 atom stereocenters. The van der Waals surface area contributed by atoms with Gasteiger partial charge in [0, 0.05) is 5.38 Å². The van der Waals surface area contributed by atoms with Gasteiger partial charge < -0.3 is 10.6 Å². The van der Waals surface area contributed by atoms with Crippen molar-refractivity contribution in [1.29, 1.82) is 0 Å². The van der Waals surface area contributed by atoms with Crippen LogP contribution < -0.4 is 5.73 Å². The van der Waals surface area contributed by atoms with Crippen LogP contribution in [0, 0.1) is 0 Å². The molecule has 0 unspecified atom stereocenters. The number of anilines is 1. The molecule has 5 heteroatoms. The smallest absolute Gasteiger partial charge is 0.180 e. The third kappa shape index (κ3) is 1.91. The summed E-state index contributed by atoms with van der Waals surface area (Å²) in [6, 6.07) is 0. The number of nitrogen functional groups attached to an aromatic ring is 1. The Kier molecular flexibility index (Phi) is 2.43. The van der Waals surface area contributed by atoms with Crippen LogP contribution in [0.1, 0.15) is 12.6 Å². The number of thiazole rings is 1. The van der Waals surface area contributed by atoms with Crippen LogP contribution >= 0.6 is 11.3 Å². The molecule has 0 saturated heterocycles. The number of aromatic nitrogens is 1. The molecular weight excluding hydrogens is 162 g/mol. The molecule has 1 aromatic rings. The van der Waals surface area contributed by atoms with Gasteiger partial charge in [-0.05, 0) is 6.92 Å². The highest BCUT2D eigenvalue weighted by Crippen LogP contribution is 2.11. The van der Waals surface area contributed by atoms with Crippen LogP contribution in [0.2, 0.25) is 0 Å². The minimum atomic E-state index is 0.547. The highest BCUT2D eigenvalue weighted by atomic mass is 32.1. The lowest BCUT2D eigenvalue weighted by Gasteiger charge is -1.91. The second-order valence-electron chi connectivity index (χ2n) is 1.93. The standard InChI is InChI=1S/C6H9N3OS/c1-4(9-10-2)5-3-11-6(7)8-5/h3H,1-2H3,(H2,7,8)/b9-4+. The van der Waals surface area contributed by atoms with E-state index in [1.165, 1.54) is 18.4 Å². The van der Waals surface area contributed by atoms with E-state index in [2.05, 4.69) is 15.0 Å². The van der Waals surface area contributed by atoms with Crippen molar-refractivity contribution in [3.05, 3.63) is 11.1 Å². The molecule has 1 heterocycles. The van der Waals surface area contributed by atoms with E-state index >= 15 is 0 Å². The summed E-state index contributed by atoms with van der Waals surface area (Å²) < 4.78 is 0. The van der Waals surface area contributed by atoms with Crippen molar-refractivity contribution >= 4 is 22.2 Å². The molecule has 0 fully saturated rings. The van der Waals surface area contributed by atoms with Gasteiger partial charge >= 0.3 is 0 Å². The minimum Gasteiger partial charge on any atom is -0.399 e. The van der Waals surface area contributed by atoms with E-state index in [1.54, 1.807) is 0 Å². The van der Waals surface area contributed by atoms with Crippen LogP contribution in [0.15, 0.2) is 10.5 Å². The molecule has 0 aromatic carbocycles. The quantitative estimate of drug-likeness (QED) is 0.535. The van der Waals surface area contributed by atoms with Gasteiger partial charge in [0.25, 0.3) is 0 Å².